The van der Waals surface area contributed by atoms with Gasteiger partial charge in [-0.25, -0.2) is 0 Å². The third kappa shape index (κ3) is 4.31. The van der Waals surface area contributed by atoms with E-state index in [1.807, 2.05) is 23.7 Å². The van der Waals surface area contributed by atoms with Crippen molar-refractivity contribution < 1.29 is 14.3 Å². The maximum absolute atomic E-state index is 12.6. The molecule has 0 spiro atoms. The number of amides is 1. The average Bonchev–Trinajstić information content (AvgIpc) is 3.11. The van der Waals surface area contributed by atoms with Crippen molar-refractivity contribution in [3.63, 3.8) is 0 Å². The highest BCUT2D eigenvalue weighted by Crippen LogP contribution is 2.22. The van der Waals surface area contributed by atoms with Gasteiger partial charge in [0.2, 0.25) is 0 Å². The molecule has 2 aliphatic heterocycles. The molecule has 1 aromatic heterocycles. The molecule has 7 nitrogen and oxygen atoms in total. The summed E-state index contributed by atoms with van der Waals surface area (Å²) in [6, 6.07) is 3.81. The molecule has 4 rings (SSSR count). The molecular formula is C20H28N4O3. The molecule has 2 fully saturated rings. The molecule has 3 heterocycles. The number of nitrogens with one attached hydrogen (secondary N) is 2. The Kier molecular flexibility index (Phi) is 5.71. The molecule has 1 aromatic carbocycles. The first-order chi connectivity index (χ1) is 13.2. The number of aromatic nitrogens is 2. The summed E-state index contributed by atoms with van der Waals surface area (Å²) in [4.78, 5) is 12.6. The van der Waals surface area contributed by atoms with Crippen LogP contribution in [0.1, 0.15) is 28.8 Å². The van der Waals surface area contributed by atoms with E-state index >= 15 is 0 Å². The molecule has 2 N–H and O–H groups in total. The summed E-state index contributed by atoms with van der Waals surface area (Å²) in [7, 11) is 0. The summed E-state index contributed by atoms with van der Waals surface area (Å²) >= 11 is 0. The van der Waals surface area contributed by atoms with Crippen LogP contribution in [-0.2, 0) is 16.0 Å². The number of carbonyl (C=O) groups is 1. The van der Waals surface area contributed by atoms with E-state index in [4.69, 9.17) is 14.6 Å². The first kappa shape index (κ1) is 18.4. The zero-order valence-corrected chi connectivity index (χ0v) is 15.9. The number of benzene rings is 1. The second-order valence-electron chi connectivity index (χ2n) is 7.49. The SMILES string of the molecule is Cc1c(C(=O)NCC2COCCO2)ccc2nn(CC3CCNCC3)cc12. The van der Waals surface area contributed by atoms with Crippen LogP contribution >= 0.6 is 0 Å². The number of piperidine rings is 1. The molecule has 1 unspecified atom stereocenters. The minimum absolute atomic E-state index is 0.0699. The number of aryl methyl sites for hydroxylation is 1. The maximum Gasteiger partial charge on any atom is 0.251 e. The Morgan fingerprint density at radius 3 is 2.96 bits per heavy atom. The van der Waals surface area contributed by atoms with Crippen LogP contribution in [-0.4, -0.2) is 61.2 Å². The highest BCUT2D eigenvalue weighted by atomic mass is 16.6. The van der Waals surface area contributed by atoms with Crippen LogP contribution in [0.2, 0.25) is 0 Å². The summed E-state index contributed by atoms with van der Waals surface area (Å²) < 4.78 is 13.0. The third-order valence-corrected chi connectivity index (χ3v) is 5.53. The van der Waals surface area contributed by atoms with Crippen molar-refractivity contribution in [1.82, 2.24) is 20.4 Å². The lowest BCUT2D eigenvalue weighted by Gasteiger charge is -2.23. The van der Waals surface area contributed by atoms with Crippen LogP contribution in [0.4, 0.5) is 0 Å². The zero-order valence-electron chi connectivity index (χ0n) is 15.9. The van der Waals surface area contributed by atoms with E-state index in [2.05, 4.69) is 16.8 Å². The smallest absolute Gasteiger partial charge is 0.251 e. The Balaban J connectivity index is 1.45. The van der Waals surface area contributed by atoms with Crippen molar-refractivity contribution >= 4 is 16.8 Å². The maximum atomic E-state index is 12.6. The van der Waals surface area contributed by atoms with Crippen LogP contribution in [0.5, 0.6) is 0 Å². The van der Waals surface area contributed by atoms with Crippen LogP contribution in [0, 0.1) is 12.8 Å². The predicted molar refractivity (Wildman–Crippen MR) is 103 cm³/mol. The van der Waals surface area contributed by atoms with Gasteiger partial charge in [0.25, 0.3) is 5.91 Å². The Labute approximate surface area is 159 Å². The quantitative estimate of drug-likeness (QED) is 0.832. The first-order valence-corrected chi connectivity index (χ1v) is 9.86. The molecule has 0 radical (unpaired) electrons. The van der Waals surface area contributed by atoms with Gasteiger partial charge in [-0.15, -0.1) is 0 Å². The summed E-state index contributed by atoms with van der Waals surface area (Å²) in [6.07, 6.45) is 4.40. The van der Waals surface area contributed by atoms with Gasteiger partial charge in [-0.2, -0.15) is 5.10 Å². The first-order valence-electron chi connectivity index (χ1n) is 9.86. The van der Waals surface area contributed by atoms with E-state index in [1.54, 1.807) is 0 Å². The van der Waals surface area contributed by atoms with E-state index in [9.17, 15) is 4.79 Å². The van der Waals surface area contributed by atoms with Crippen molar-refractivity contribution in [2.75, 3.05) is 39.5 Å². The third-order valence-electron chi connectivity index (χ3n) is 5.53. The normalized spacial score (nSPS) is 21.4. The number of hydrogen-bond donors (Lipinski definition) is 2. The predicted octanol–water partition coefficient (Wildman–Crippen LogP) is 1.49. The fourth-order valence-electron chi connectivity index (χ4n) is 3.91. The number of hydrogen-bond acceptors (Lipinski definition) is 5. The van der Waals surface area contributed by atoms with Gasteiger partial charge in [0.15, 0.2) is 0 Å². The molecule has 2 aromatic rings. The molecular weight excluding hydrogens is 344 g/mol. The molecule has 1 atom stereocenters. The van der Waals surface area contributed by atoms with E-state index in [0.29, 0.717) is 37.8 Å². The Hall–Kier alpha value is -1.96. The molecule has 0 aliphatic carbocycles. The molecule has 146 valence electrons. The van der Waals surface area contributed by atoms with E-state index in [0.717, 1.165) is 36.1 Å². The van der Waals surface area contributed by atoms with Crippen LogP contribution < -0.4 is 10.6 Å². The molecule has 2 aliphatic rings. The standard InChI is InChI=1S/C20H28N4O3/c1-14-17(20(25)22-10-16-13-26-8-9-27-16)2-3-19-18(14)12-24(23-19)11-15-4-6-21-7-5-15/h2-3,12,15-16,21H,4-11,13H2,1H3,(H,22,25). The number of nitrogens with zero attached hydrogens (tertiary/aromatic N) is 2. The van der Waals surface area contributed by atoms with Gasteiger partial charge in [0.05, 0.1) is 31.4 Å². The van der Waals surface area contributed by atoms with Crippen LogP contribution in [0.25, 0.3) is 10.9 Å². The average molecular weight is 372 g/mol. The van der Waals surface area contributed by atoms with Gasteiger partial charge >= 0.3 is 0 Å². The lowest BCUT2D eigenvalue weighted by atomic mass is 9.98. The fraction of sp³-hybridized carbons (Fsp3) is 0.600. The number of rotatable bonds is 5. The van der Waals surface area contributed by atoms with E-state index in [-0.39, 0.29) is 12.0 Å². The number of fused-ring (bicyclic) bond motifs is 1. The molecule has 1 amide bonds. The monoisotopic (exact) mass is 372 g/mol. The molecule has 27 heavy (non-hydrogen) atoms. The van der Waals surface area contributed by atoms with Gasteiger partial charge in [-0.05, 0) is 56.5 Å². The number of carbonyl (C=O) groups excluding carboxylic acids is 1. The second-order valence-corrected chi connectivity index (χ2v) is 7.49. The topological polar surface area (TPSA) is 77.4 Å². The Morgan fingerprint density at radius 2 is 2.19 bits per heavy atom. The highest BCUT2D eigenvalue weighted by molar-refractivity contribution is 6.00. The Bertz CT molecular complexity index is 792. The zero-order chi connectivity index (χ0) is 18.6. The van der Waals surface area contributed by atoms with Crippen molar-refractivity contribution in [2.24, 2.45) is 5.92 Å². The fourth-order valence-corrected chi connectivity index (χ4v) is 3.91. The molecule has 0 saturated carbocycles. The lowest BCUT2D eigenvalue weighted by Crippen LogP contribution is -2.39. The summed E-state index contributed by atoms with van der Waals surface area (Å²) in [6.45, 7) is 7.32. The largest absolute Gasteiger partial charge is 0.376 e. The minimum Gasteiger partial charge on any atom is -0.376 e. The van der Waals surface area contributed by atoms with Crippen LogP contribution in [0.15, 0.2) is 18.3 Å². The van der Waals surface area contributed by atoms with Gasteiger partial charge in [0.1, 0.15) is 0 Å². The van der Waals surface area contributed by atoms with Gasteiger partial charge < -0.3 is 20.1 Å². The van der Waals surface area contributed by atoms with Gasteiger partial charge in [-0.1, -0.05) is 0 Å². The van der Waals surface area contributed by atoms with Crippen molar-refractivity contribution in [1.29, 1.82) is 0 Å². The second kappa shape index (κ2) is 8.37. The van der Waals surface area contributed by atoms with Crippen LogP contribution in [0.3, 0.4) is 0 Å². The highest BCUT2D eigenvalue weighted by Gasteiger charge is 2.19. The van der Waals surface area contributed by atoms with Crippen molar-refractivity contribution in [3.8, 4) is 0 Å². The van der Waals surface area contributed by atoms with Crippen molar-refractivity contribution in [3.05, 3.63) is 29.5 Å². The summed E-state index contributed by atoms with van der Waals surface area (Å²) in [5.74, 6) is 0.594. The number of ether oxygens (including phenoxy) is 2. The molecule has 0 bridgehead atoms. The minimum atomic E-state index is -0.0744. The lowest BCUT2D eigenvalue weighted by molar-refractivity contribution is -0.0855. The Morgan fingerprint density at radius 1 is 1.33 bits per heavy atom. The van der Waals surface area contributed by atoms with E-state index in [1.165, 1.54) is 12.8 Å². The van der Waals surface area contributed by atoms with Crippen molar-refractivity contribution in [2.45, 2.75) is 32.4 Å². The molecule has 2 saturated heterocycles. The summed E-state index contributed by atoms with van der Waals surface area (Å²) in [5.41, 5.74) is 2.62. The van der Waals surface area contributed by atoms with Gasteiger partial charge in [-0.3, -0.25) is 9.48 Å². The van der Waals surface area contributed by atoms with Gasteiger partial charge in [0, 0.05) is 30.2 Å². The summed E-state index contributed by atoms with van der Waals surface area (Å²) in [5, 5.41) is 12.1. The molecule has 7 heteroatoms. The van der Waals surface area contributed by atoms with E-state index < -0.39 is 0 Å².